The Balaban J connectivity index is 1.41. The maximum absolute atomic E-state index is 6.22. The van der Waals surface area contributed by atoms with Crippen LogP contribution in [0, 0.1) is 0 Å². The van der Waals surface area contributed by atoms with Crippen LogP contribution >= 0.6 is 22.9 Å². The molecule has 32 heavy (non-hydrogen) atoms. The second-order valence-electron chi connectivity index (χ2n) is 6.79. The maximum Gasteiger partial charge on any atom is 0.203 e. The number of benzene rings is 3. The maximum atomic E-state index is 6.22. The van der Waals surface area contributed by atoms with Crippen molar-refractivity contribution in [3.05, 3.63) is 94.3 Å². The zero-order valence-corrected chi connectivity index (χ0v) is 19.1. The van der Waals surface area contributed by atoms with Gasteiger partial charge in [0.2, 0.25) is 5.13 Å². The molecule has 0 spiro atoms. The van der Waals surface area contributed by atoms with Crippen LogP contribution in [0.5, 0.6) is 11.5 Å². The molecule has 1 heterocycles. The number of thiazole rings is 1. The van der Waals surface area contributed by atoms with E-state index in [1.54, 1.807) is 6.21 Å². The molecule has 1 aromatic heterocycles. The molecular formula is C25H22ClN3O2S. The molecule has 4 rings (SSSR count). The predicted octanol–water partition coefficient (Wildman–Crippen LogP) is 6.89. The first-order valence-electron chi connectivity index (χ1n) is 10.2. The number of rotatable bonds is 9. The fourth-order valence-electron chi connectivity index (χ4n) is 2.99. The third-order valence-corrected chi connectivity index (χ3v) is 5.67. The van der Waals surface area contributed by atoms with Gasteiger partial charge < -0.3 is 9.47 Å². The van der Waals surface area contributed by atoms with Gasteiger partial charge in [-0.2, -0.15) is 5.10 Å². The highest BCUT2D eigenvalue weighted by atomic mass is 35.5. The first-order valence-corrected chi connectivity index (χ1v) is 11.4. The van der Waals surface area contributed by atoms with E-state index < -0.39 is 0 Å². The zero-order chi connectivity index (χ0) is 22.2. The van der Waals surface area contributed by atoms with Crippen LogP contribution < -0.4 is 14.9 Å². The van der Waals surface area contributed by atoms with Crippen LogP contribution in [-0.2, 0) is 6.61 Å². The Morgan fingerprint density at radius 2 is 1.81 bits per heavy atom. The molecule has 0 aliphatic rings. The van der Waals surface area contributed by atoms with Crippen LogP contribution in [0.1, 0.15) is 18.1 Å². The molecule has 1 N–H and O–H groups in total. The smallest absolute Gasteiger partial charge is 0.203 e. The molecule has 0 saturated carbocycles. The Bertz CT molecular complexity index is 1190. The van der Waals surface area contributed by atoms with Gasteiger partial charge in [-0.1, -0.05) is 60.1 Å². The van der Waals surface area contributed by atoms with E-state index in [0.29, 0.717) is 29.7 Å². The van der Waals surface area contributed by atoms with E-state index in [-0.39, 0.29) is 0 Å². The van der Waals surface area contributed by atoms with Crippen LogP contribution in [0.4, 0.5) is 5.13 Å². The predicted molar refractivity (Wildman–Crippen MR) is 132 cm³/mol. The summed E-state index contributed by atoms with van der Waals surface area (Å²) in [4.78, 5) is 4.57. The van der Waals surface area contributed by atoms with E-state index in [0.717, 1.165) is 27.5 Å². The van der Waals surface area contributed by atoms with Gasteiger partial charge in [-0.15, -0.1) is 11.3 Å². The highest BCUT2D eigenvalue weighted by molar-refractivity contribution is 7.14. The SMILES string of the molecule is CCOc1cc(/C=N\Nc2nc(-c3ccccc3)cs2)ccc1OCc1ccccc1Cl. The summed E-state index contributed by atoms with van der Waals surface area (Å²) >= 11 is 7.73. The zero-order valence-electron chi connectivity index (χ0n) is 17.5. The Morgan fingerprint density at radius 1 is 1.00 bits per heavy atom. The summed E-state index contributed by atoms with van der Waals surface area (Å²) < 4.78 is 11.7. The number of nitrogens with zero attached hydrogens (tertiary/aromatic N) is 2. The molecule has 0 unspecified atom stereocenters. The Morgan fingerprint density at radius 3 is 2.62 bits per heavy atom. The highest BCUT2D eigenvalue weighted by Gasteiger charge is 2.08. The van der Waals surface area contributed by atoms with Crippen LogP contribution in [0.2, 0.25) is 5.02 Å². The lowest BCUT2D eigenvalue weighted by atomic mass is 10.2. The van der Waals surface area contributed by atoms with Gasteiger partial charge in [-0.3, -0.25) is 5.43 Å². The molecule has 162 valence electrons. The quantitative estimate of drug-likeness (QED) is 0.217. The third kappa shape index (κ3) is 5.66. The van der Waals surface area contributed by atoms with Gasteiger partial charge in [0.1, 0.15) is 6.61 Å². The van der Waals surface area contributed by atoms with Crippen molar-refractivity contribution in [3.8, 4) is 22.8 Å². The Hall–Kier alpha value is -3.35. The van der Waals surface area contributed by atoms with Gasteiger partial charge in [0.05, 0.1) is 18.5 Å². The number of hydrazone groups is 1. The normalized spacial score (nSPS) is 10.9. The summed E-state index contributed by atoms with van der Waals surface area (Å²) in [6.45, 7) is 2.83. The minimum Gasteiger partial charge on any atom is -0.490 e. The van der Waals surface area contributed by atoms with Crippen molar-refractivity contribution >= 4 is 34.3 Å². The van der Waals surface area contributed by atoms with E-state index in [9.17, 15) is 0 Å². The number of halogens is 1. The fraction of sp³-hybridized carbons (Fsp3) is 0.120. The van der Waals surface area contributed by atoms with Crippen molar-refractivity contribution in [2.24, 2.45) is 5.10 Å². The fourth-order valence-corrected chi connectivity index (χ4v) is 3.85. The molecule has 0 aliphatic heterocycles. The van der Waals surface area contributed by atoms with E-state index in [1.807, 2.05) is 85.1 Å². The number of ether oxygens (including phenoxy) is 2. The minimum atomic E-state index is 0.364. The number of hydrogen-bond acceptors (Lipinski definition) is 6. The highest BCUT2D eigenvalue weighted by Crippen LogP contribution is 2.30. The third-order valence-electron chi connectivity index (χ3n) is 4.56. The molecule has 0 radical (unpaired) electrons. The molecule has 0 bridgehead atoms. The van der Waals surface area contributed by atoms with Crippen molar-refractivity contribution in [2.45, 2.75) is 13.5 Å². The van der Waals surface area contributed by atoms with Crippen molar-refractivity contribution in [2.75, 3.05) is 12.0 Å². The summed E-state index contributed by atoms with van der Waals surface area (Å²) in [5.74, 6) is 1.31. The second kappa shape index (κ2) is 10.8. The first-order chi connectivity index (χ1) is 15.7. The van der Waals surface area contributed by atoms with Gasteiger partial charge in [0.15, 0.2) is 11.5 Å². The minimum absolute atomic E-state index is 0.364. The molecule has 0 atom stereocenters. The molecule has 0 amide bonds. The molecule has 5 nitrogen and oxygen atoms in total. The van der Waals surface area contributed by atoms with Crippen molar-refractivity contribution in [1.82, 2.24) is 4.98 Å². The van der Waals surface area contributed by atoms with E-state index in [2.05, 4.69) is 15.5 Å². The van der Waals surface area contributed by atoms with E-state index in [4.69, 9.17) is 21.1 Å². The summed E-state index contributed by atoms with van der Waals surface area (Å²) in [5, 5.41) is 7.72. The Labute approximate surface area is 196 Å². The number of anilines is 1. The molecule has 3 aromatic carbocycles. The first kappa shape index (κ1) is 21.9. The molecule has 4 aromatic rings. The van der Waals surface area contributed by atoms with Gasteiger partial charge >= 0.3 is 0 Å². The van der Waals surface area contributed by atoms with Gasteiger partial charge in [-0.25, -0.2) is 4.98 Å². The summed E-state index contributed by atoms with van der Waals surface area (Å²) in [7, 11) is 0. The van der Waals surface area contributed by atoms with Crippen LogP contribution in [0.3, 0.4) is 0 Å². The standard InChI is InChI=1S/C25H22ClN3O2S/c1-2-30-24-14-18(12-13-23(24)31-16-20-10-6-7-11-21(20)26)15-27-29-25-28-22(17-32-25)19-8-4-3-5-9-19/h3-15,17H,2,16H2,1H3,(H,28,29)/b27-15-. The van der Waals surface area contributed by atoms with Gasteiger partial charge in [0, 0.05) is 21.5 Å². The van der Waals surface area contributed by atoms with Crippen molar-refractivity contribution in [1.29, 1.82) is 0 Å². The number of aromatic nitrogens is 1. The molecule has 0 saturated heterocycles. The van der Waals surface area contributed by atoms with Crippen LogP contribution in [0.15, 0.2) is 83.3 Å². The molecular weight excluding hydrogens is 442 g/mol. The average Bonchev–Trinajstić information content (AvgIpc) is 3.29. The van der Waals surface area contributed by atoms with E-state index >= 15 is 0 Å². The van der Waals surface area contributed by atoms with Crippen molar-refractivity contribution in [3.63, 3.8) is 0 Å². The summed E-state index contributed by atoms with van der Waals surface area (Å²) in [6, 6.07) is 23.4. The lowest BCUT2D eigenvalue weighted by Crippen LogP contribution is -2.01. The largest absolute Gasteiger partial charge is 0.490 e. The molecule has 0 fully saturated rings. The summed E-state index contributed by atoms with van der Waals surface area (Å²) in [5.41, 5.74) is 6.80. The van der Waals surface area contributed by atoms with Crippen LogP contribution in [-0.4, -0.2) is 17.8 Å². The Kier molecular flexibility index (Phi) is 7.38. The summed E-state index contributed by atoms with van der Waals surface area (Å²) in [6.07, 6.45) is 1.73. The van der Waals surface area contributed by atoms with Gasteiger partial charge in [0.25, 0.3) is 0 Å². The molecule has 7 heteroatoms. The van der Waals surface area contributed by atoms with E-state index in [1.165, 1.54) is 11.3 Å². The monoisotopic (exact) mass is 463 g/mol. The second-order valence-corrected chi connectivity index (χ2v) is 8.06. The molecule has 0 aliphatic carbocycles. The number of nitrogens with one attached hydrogen (secondary N) is 1. The van der Waals surface area contributed by atoms with Crippen LogP contribution in [0.25, 0.3) is 11.3 Å². The average molecular weight is 464 g/mol. The van der Waals surface area contributed by atoms with Gasteiger partial charge in [-0.05, 0) is 36.8 Å². The van der Waals surface area contributed by atoms with Crippen molar-refractivity contribution < 1.29 is 9.47 Å². The topological polar surface area (TPSA) is 55.7 Å². The lowest BCUT2D eigenvalue weighted by molar-refractivity contribution is 0.269. The number of hydrogen-bond donors (Lipinski definition) is 1. The lowest BCUT2D eigenvalue weighted by Gasteiger charge is -2.13.